The molecule has 1 saturated heterocycles. The van der Waals surface area contributed by atoms with E-state index in [2.05, 4.69) is 17.3 Å². The summed E-state index contributed by atoms with van der Waals surface area (Å²) in [5.41, 5.74) is 0.656. The predicted molar refractivity (Wildman–Crippen MR) is 63.9 cm³/mol. The Morgan fingerprint density at radius 2 is 2.47 bits per heavy atom. The quantitative estimate of drug-likeness (QED) is 0.763. The highest BCUT2D eigenvalue weighted by Gasteiger charge is 2.35. The molecule has 0 spiro atoms. The third-order valence-corrected chi connectivity index (χ3v) is 3.15. The van der Waals surface area contributed by atoms with Gasteiger partial charge in [-0.2, -0.15) is 5.10 Å². The zero-order valence-electron chi connectivity index (χ0n) is 10.3. The van der Waals surface area contributed by atoms with Gasteiger partial charge in [0.25, 0.3) is 0 Å². The molecule has 1 aliphatic rings. The summed E-state index contributed by atoms with van der Waals surface area (Å²) in [5, 5.41) is 7.40. The number of nitrogens with one attached hydrogen (secondary N) is 1. The Hall–Kier alpha value is -1.20. The lowest BCUT2D eigenvalue weighted by molar-refractivity contribution is 0.0881. The molecular weight excluding hydrogens is 218 g/mol. The minimum absolute atomic E-state index is 0.0862. The molecule has 94 valence electrons. The molecule has 1 aromatic heterocycles. The van der Waals surface area contributed by atoms with Crippen LogP contribution >= 0.6 is 0 Å². The first-order valence-electron chi connectivity index (χ1n) is 6.07. The number of aryl methyl sites for hydroxylation is 1. The first-order chi connectivity index (χ1) is 8.24. The standard InChI is InChI=1S/C12H19N3O2/c1-3-5-13-10-8-17-7-9(10)12(16)11-4-6-14-15(11)2/h4,6,9-10,13H,3,5,7-8H2,1-2H3. The minimum Gasteiger partial charge on any atom is -0.379 e. The molecule has 1 fully saturated rings. The Morgan fingerprint density at radius 1 is 1.65 bits per heavy atom. The number of carbonyl (C=O) groups excluding carboxylic acids is 1. The van der Waals surface area contributed by atoms with Crippen LogP contribution in [0.5, 0.6) is 0 Å². The van der Waals surface area contributed by atoms with Crippen LogP contribution in [0.3, 0.4) is 0 Å². The van der Waals surface area contributed by atoms with Crippen molar-refractivity contribution in [1.82, 2.24) is 15.1 Å². The van der Waals surface area contributed by atoms with Crippen molar-refractivity contribution in [2.45, 2.75) is 19.4 Å². The van der Waals surface area contributed by atoms with E-state index in [1.165, 1.54) is 0 Å². The summed E-state index contributed by atoms with van der Waals surface area (Å²) in [4.78, 5) is 12.3. The van der Waals surface area contributed by atoms with Crippen molar-refractivity contribution in [3.05, 3.63) is 18.0 Å². The number of nitrogens with zero attached hydrogens (tertiary/aromatic N) is 2. The fourth-order valence-corrected chi connectivity index (χ4v) is 2.15. The van der Waals surface area contributed by atoms with Gasteiger partial charge in [-0.05, 0) is 19.0 Å². The number of hydrogen-bond donors (Lipinski definition) is 1. The van der Waals surface area contributed by atoms with E-state index in [1.807, 2.05) is 0 Å². The minimum atomic E-state index is -0.0862. The first-order valence-corrected chi connectivity index (χ1v) is 6.07. The molecule has 0 amide bonds. The van der Waals surface area contributed by atoms with Crippen molar-refractivity contribution >= 4 is 5.78 Å². The van der Waals surface area contributed by atoms with Gasteiger partial charge in [-0.3, -0.25) is 9.48 Å². The third kappa shape index (κ3) is 2.56. The lowest BCUT2D eigenvalue weighted by Gasteiger charge is -2.17. The van der Waals surface area contributed by atoms with E-state index in [4.69, 9.17) is 4.74 Å². The zero-order valence-corrected chi connectivity index (χ0v) is 10.3. The van der Waals surface area contributed by atoms with Crippen LogP contribution in [0.15, 0.2) is 12.3 Å². The Morgan fingerprint density at radius 3 is 3.12 bits per heavy atom. The van der Waals surface area contributed by atoms with Crippen molar-refractivity contribution in [2.24, 2.45) is 13.0 Å². The number of ether oxygens (including phenoxy) is 1. The molecule has 1 aromatic rings. The maximum absolute atomic E-state index is 12.3. The molecule has 0 aliphatic carbocycles. The lowest BCUT2D eigenvalue weighted by Crippen LogP contribution is -2.40. The van der Waals surface area contributed by atoms with Crippen molar-refractivity contribution in [3.8, 4) is 0 Å². The predicted octanol–water partition coefficient (Wildman–Crippen LogP) is 0.617. The van der Waals surface area contributed by atoms with Crippen molar-refractivity contribution in [2.75, 3.05) is 19.8 Å². The summed E-state index contributed by atoms with van der Waals surface area (Å²) in [7, 11) is 1.79. The van der Waals surface area contributed by atoms with Gasteiger partial charge in [0.1, 0.15) is 5.69 Å². The molecule has 1 aliphatic heterocycles. The average Bonchev–Trinajstić information content (AvgIpc) is 2.94. The summed E-state index contributed by atoms with van der Waals surface area (Å²) >= 11 is 0. The second-order valence-corrected chi connectivity index (χ2v) is 4.41. The van der Waals surface area contributed by atoms with Crippen LogP contribution < -0.4 is 5.32 Å². The van der Waals surface area contributed by atoms with E-state index in [-0.39, 0.29) is 17.7 Å². The summed E-state index contributed by atoms with van der Waals surface area (Å²) in [6.07, 6.45) is 2.71. The molecular formula is C12H19N3O2. The maximum Gasteiger partial charge on any atom is 0.187 e. The number of hydrogen-bond acceptors (Lipinski definition) is 4. The number of rotatable bonds is 5. The smallest absolute Gasteiger partial charge is 0.187 e. The van der Waals surface area contributed by atoms with Crippen LogP contribution in [0.4, 0.5) is 0 Å². The monoisotopic (exact) mass is 237 g/mol. The number of Topliss-reactive ketones (excluding diaryl/α,β-unsaturated/α-hetero) is 1. The van der Waals surface area contributed by atoms with E-state index >= 15 is 0 Å². The molecule has 2 heterocycles. The van der Waals surface area contributed by atoms with Gasteiger partial charge in [-0.25, -0.2) is 0 Å². The van der Waals surface area contributed by atoms with Crippen molar-refractivity contribution in [3.63, 3.8) is 0 Å². The lowest BCUT2D eigenvalue weighted by atomic mass is 9.96. The van der Waals surface area contributed by atoms with Gasteiger partial charge >= 0.3 is 0 Å². The maximum atomic E-state index is 12.3. The topological polar surface area (TPSA) is 56.1 Å². The first kappa shape index (κ1) is 12.3. The molecule has 0 saturated carbocycles. The Labute approximate surface area is 101 Å². The van der Waals surface area contributed by atoms with Crippen LogP contribution in [0.2, 0.25) is 0 Å². The second kappa shape index (κ2) is 5.42. The van der Waals surface area contributed by atoms with Gasteiger partial charge in [-0.1, -0.05) is 6.92 Å². The normalized spacial score (nSPS) is 24.1. The largest absolute Gasteiger partial charge is 0.379 e. The van der Waals surface area contributed by atoms with Gasteiger partial charge < -0.3 is 10.1 Å². The van der Waals surface area contributed by atoms with Crippen LogP contribution in [0.1, 0.15) is 23.8 Å². The van der Waals surface area contributed by atoms with Crippen LogP contribution in [-0.2, 0) is 11.8 Å². The van der Waals surface area contributed by atoms with E-state index in [1.54, 1.807) is 24.0 Å². The zero-order chi connectivity index (χ0) is 12.3. The molecule has 17 heavy (non-hydrogen) atoms. The van der Waals surface area contributed by atoms with E-state index in [9.17, 15) is 4.79 Å². The van der Waals surface area contributed by atoms with Crippen LogP contribution in [0.25, 0.3) is 0 Å². The van der Waals surface area contributed by atoms with Gasteiger partial charge in [0.05, 0.1) is 19.1 Å². The van der Waals surface area contributed by atoms with E-state index in [0.29, 0.717) is 18.9 Å². The fraction of sp³-hybridized carbons (Fsp3) is 0.667. The molecule has 0 aromatic carbocycles. The number of carbonyl (C=O) groups is 1. The second-order valence-electron chi connectivity index (χ2n) is 4.41. The highest BCUT2D eigenvalue weighted by Crippen LogP contribution is 2.19. The Balaban J connectivity index is 2.06. The molecule has 5 nitrogen and oxygen atoms in total. The Bertz CT molecular complexity index is 389. The van der Waals surface area contributed by atoms with Gasteiger partial charge in [0.2, 0.25) is 0 Å². The molecule has 0 radical (unpaired) electrons. The van der Waals surface area contributed by atoms with E-state index < -0.39 is 0 Å². The van der Waals surface area contributed by atoms with Gasteiger partial charge in [0, 0.05) is 19.3 Å². The molecule has 2 rings (SSSR count). The summed E-state index contributed by atoms with van der Waals surface area (Å²) < 4.78 is 7.04. The highest BCUT2D eigenvalue weighted by molar-refractivity contribution is 5.97. The van der Waals surface area contributed by atoms with Crippen molar-refractivity contribution in [1.29, 1.82) is 0 Å². The van der Waals surface area contributed by atoms with Gasteiger partial charge in [-0.15, -0.1) is 0 Å². The third-order valence-electron chi connectivity index (χ3n) is 3.15. The van der Waals surface area contributed by atoms with Crippen molar-refractivity contribution < 1.29 is 9.53 Å². The SMILES string of the molecule is CCCNC1COCC1C(=O)c1ccnn1C. The van der Waals surface area contributed by atoms with E-state index in [0.717, 1.165) is 13.0 Å². The molecule has 2 unspecified atom stereocenters. The molecule has 0 bridgehead atoms. The van der Waals surface area contributed by atoms with Crippen LogP contribution in [0, 0.1) is 5.92 Å². The average molecular weight is 237 g/mol. The number of ketones is 1. The molecule has 1 N–H and O–H groups in total. The Kier molecular flexibility index (Phi) is 3.91. The summed E-state index contributed by atoms with van der Waals surface area (Å²) in [6.45, 7) is 4.16. The highest BCUT2D eigenvalue weighted by atomic mass is 16.5. The summed E-state index contributed by atoms with van der Waals surface area (Å²) in [6, 6.07) is 1.90. The van der Waals surface area contributed by atoms with Crippen LogP contribution in [-0.4, -0.2) is 41.4 Å². The fourth-order valence-electron chi connectivity index (χ4n) is 2.15. The number of aromatic nitrogens is 2. The molecule has 5 heteroatoms. The molecule has 2 atom stereocenters. The summed E-state index contributed by atoms with van der Waals surface area (Å²) in [5.74, 6) is 0.0352. The van der Waals surface area contributed by atoms with Gasteiger partial charge in [0.15, 0.2) is 5.78 Å².